The molecule has 28 heavy (non-hydrogen) atoms. The van der Waals surface area contributed by atoms with Crippen molar-refractivity contribution in [1.29, 1.82) is 0 Å². The fourth-order valence-electron chi connectivity index (χ4n) is 3.15. The van der Waals surface area contributed by atoms with Gasteiger partial charge in [0.05, 0.1) is 23.1 Å². The van der Waals surface area contributed by atoms with Crippen molar-refractivity contribution < 1.29 is 4.79 Å². The maximum absolute atomic E-state index is 12.8. The first-order chi connectivity index (χ1) is 13.8. The lowest BCUT2D eigenvalue weighted by molar-refractivity contribution is 0.0950. The molecule has 1 N–H and O–H groups in total. The Balaban J connectivity index is 1.55. The number of benzene rings is 1. The summed E-state index contributed by atoms with van der Waals surface area (Å²) in [6.45, 7) is 2.40. The Hall–Kier alpha value is -3.74. The molecule has 0 aliphatic heterocycles. The number of nitrogens with one attached hydrogen (secondary N) is 1. The molecule has 0 bridgehead atoms. The third-order valence-electron chi connectivity index (χ3n) is 4.50. The van der Waals surface area contributed by atoms with Gasteiger partial charge in [-0.3, -0.25) is 4.79 Å². The van der Waals surface area contributed by atoms with Crippen molar-refractivity contribution in [3.8, 4) is 11.5 Å². The minimum atomic E-state index is -0.158. The van der Waals surface area contributed by atoms with Crippen LogP contribution in [0.2, 0.25) is 0 Å². The van der Waals surface area contributed by atoms with Gasteiger partial charge in [0.1, 0.15) is 0 Å². The zero-order chi connectivity index (χ0) is 19.3. The molecule has 0 unspecified atom stereocenters. The van der Waals surface area contributed by atoms with E-state index in [-0.39, 0.29) is 5.91 Å². The number of nitrogens with zero attached hydrogens (tertiary/aromatic N) is 5. The van der Waals surface area contributed by atoms with E-state index in [4.69, 9.17) is 0 Å². The molecule has 0 aliphatic rings. The highest BCUT2D eigenvalue weighted by Gasteiger charge is 2.18. The molecule has 0 saturated heterocycles. The molecule has 3 aromatic heterocycles. The molecule has 0 spiro atoms. The van der Waals surface area contributed by atoms with Gasteiger partial charge in [-0.05, 0) is 36.2 Å². The van der Waals surface area contributed by atoms with Crippen molar-refractivity contribution in [2.45, 2.75) is 19.9 Å². The maximum Gasteiger partial charge on any atom is 0.255 e. The van der Waals surface area contributed by atoms with E-state index in [9.17, 15) is 4.79 Å². The number of carbonyl (C=O) groups is 1. The Bertz CT molecular complexity index is 1070. The summed E-state index contributed by atoms with van der Waals surface area (Å²) in [7, 11) is 0. The smallest absolute Gasteiger partial charge is 0.255 e. The van der Waals surface area contributed by atoms with Crippen molar-refractivity contribution in [3.05, 3.63) is 90.1 Å². The van der Waals surface area contributed by atoms with Gasteiger partial charge in [0, 0.05) is 25.1 Å². The SMILES string of the molecule is CCc1c(C(=O)NCc2ccccc2-n2cccn2)cnn1-c1ccccn1. The Morgan fingerprint density at radius 2 is 1.89 bits per heavy atom. The molecule has 1 aromatic carbocycles. The van der Waals surface area contributed by atoms with Crippen LogP contribution in [0.3, 0.4) is 0 Å². The third kappa shape index (κ3) is 3.42. The van der Waals surface area contributed by atoms with Crippen LogP contribution in [0, 0.1) is 0 Å². The van der Waals surface area contributed by atoms with E-state index in [0.717, 1.165) is 16.9 Å². The van der Waals surface area contributed by atoms with E-state index >= 15 is 0 Å². The van der Waals surface area contributed by atoms with Crippen molar-refractivity contribution in [3.63, 3.8) is 0 Å². The first kappa shape index (κ1) is 17.7. The van der Waals surface area contributed by atoms with Crippen molar-refractivity contribution in [2.24, 2.45) is 0 Å². The molecular weight excluding hydrogens is 352 g/mol. The van der Waals surface area contributed by atoms with Gasteiger partial charge in [0.2, 0.25) is 0 Å². The summed E-state index contributed by atoms with van der Waals surface area (Å²) in [5.41, 5.74) is 3.31. The normalized spacial score (nSPS) is 10.8. The van der Waals surface area contributed by atoms with Gasteiger partial charge in [-0.1, -0.05) is 31.2 Å². The lowest BCUT2D eigenvalue weighted by Gasteiger charge is -2.11. The summed E-state index contributed by atoms with van der Waals surface area (Å²) in [6.07, 6.45) is 7.59. The van der Waals surface area contributed by atoms with Crippen LogP contribution < -0.4 is 5.32 Å². The largest absolute Gasteiger partial charge is 0.348 e. The monoisotopic (exact) mass is 372 g/mol. The fourth-order valence-corrected chi connectivity index (χ4v) is 3.15. The Morgan fingerprint density at radius 3 is 2.64 bits per heavy atom. The zero-order valence-electron chi connectivity index (χ0n) is 15.5. The molecule has 1 amide bonds. The molecule has 0 fully saturated rings. The highest BCUT2D eigenvalue weighted by molar-refractivity contribution is 5.95. The average molecular weight is 372 g/mol. The molecule has 3 heterocycles. The predicted octanol–water partition coefficient (Wildman–Crippen LogP) is 2.95. The molecule has 140 valence electrons. The van der Waals surface area contributed by atoms with E-state index in [0.29, 0.717) is 24.3 Å². The molecule has 0 radical (unpaired) electrons. The first-order valence-corrected chi connectivity index (χ1v) is 9.12. The third-order valence-corrected chi connectivity index (χ3v) is 4.50. The van der Waals surface area contributed by atoms with Crippen LogP contribution in [0.4, 0.5) is 0 Å². The maximum atomic E-state index is 12.8. The molecule has 0 saturated carbocycles. The molecule has 4 aromatic rings. The Kier molecular flexibility index (Phi) is 4.97. The van der Waals surface area contributed by atoms with Crippen LogP contribution in [0.15, 0.2) is 73.3 Å². The number of rotatable bonds is 6. The van der Waals surface area contributed by atoms with Gasteiger partial charge in [0.15, 0.2) is 5.82 Å². The van der Waals surface area contributed by atoms with Gasteiger partial charge in [0.25, 0.3) is 5.91 Å². The zero-order valence-corrected chi connectivity index (χ0v) is 15.5. The van der Waals surface area contributed by atoms with Crippen LogP contribution in [0.25, 0.3) is 11.5 Å². The van der Waals surface area contributed by atoms with Crippen LogP contribution >= 0.6 is 0 Å². The number of para-hydroxylation sites is 1. The molecule has 0 atom stereocenters. The summed E-state index contributed by atoms with van der Waals surface area (Å²) in [4.78, 5) is 17.2. The number of carbonyl (C=O) groups excluding carboxylic acids is 1. The van der Waals surface area contributed by atoms with Gasteiger partial charge in [-0.15, -0.1) is 0 Å². The Morgan fingerprint density at radius 1 is 1.04 bits per heavy atom. The lowest BCUT2D eigenvalue weighted by Crippen LogP contribution is -2.24. The highest BCUT2D eigenvalue weighted by Crippen LogP contribution is 2.16. The molecule has 0 aliphatic carbocycles. The summed E-state index contributed by atoms with van der Waals surface area (Å²) in [5, 5.41) is 11.7. The van der Waals surface area contributed by atoms with Crippen molar-refractivity contribution in [1.82, 2.24) is 29.9 Å². The lowest BCUT2D eigenvalue weighted by atomic mass is 10.1. The van der Waals surface area contributed by atoms with Crippen LogP contribution in [0.5, 0.6) is 0 Å². The molecule has 4 rings (SSSR count). The van der Waals surface area contributed by atoms with Crippen LogP contribution in [-0.2, 0) is 13.0 Å². The predicted molar refractivity (Wildman–Crippen MR) is 105 cm³/mol. The van der Waals surface area contributed by atoms with Crippen LogP contribution in [-0.4, -0.2) is 30.5 Å². The number of hydrogen-bond acceptors (Lipinski definition) is 4. The van der Waals surface area contributed by atoms with E-state index in [1.54, 1.807) is 28.0 Å². The second kappa shape index (κ2) is 7.87. The van der Waals surface area contributed by atoms with Gasteiger partial charge < -0.3 is 5.32 Å². The summed E-state index contributed by atoms with van der Waals surface area (Å²) in [6, 6.07) is 15.3. The van der Waals surface area contributed by atoms with Gasteiger partial charge in [-0.25, -0.2) is 14.3 Å². The average Bonchev–Trinajstić information content (AvgIpc) is 3.42. The Labute approximate surface area is 162 Å². The summed E-state index contributed by atoms with van der Waals surface area (Å²) < 4.78 is 3.50. The second-order valence-corrected chi connectivity index (χ2v) is 6.22. The van der Waals surface area contributed by atoms with Crippen LogP contribution in [0.1, 0.15) is 28.5 Å². The quantitative estimate of drug-likeness (QED) is 0.564. The molecule has 7 heteroatoms. The van der Waals surface area contributed by atoms with E-state index < -0.39 is 0 Å². The van der Waals surface area contributed by atoms with Crippen molar-refractivity contribution >= 4 is 5.91 Å². The topological polar surface area (TPSA) is 77.6 Å². The minimum absolute atomic E-state index is 0.158. The number of amides is 1. The number of pyridine rings is 1. The van der Waals surface area contributed by atoms with E-state index in [1.807, 2.05) is 61.7 Å². The molecular formula is C21H20N6O. The standard InChI is InChI=1S/C21H20N6O/c1-2-18-17(15-25-27(18)20-10-5-6-11-22-20)21(28)23-14-16-8-3-4-9-19(16)26-13-7-12-24-26/h3-13,15H,2,14H2,1H3,(H,23,28). The number of aromatic nitrogens is 5. The minimum Gasteiger partial charge on any atom is -0.348 e. The first-order valence-electron chi connectivity index (χ1n) is 9.12. The highest BCUT2D eigenvalue weighted by atomic mass is 16.1. The summed E-state index contributed by atoms with van der Waals surface area (Å²) >= 11 is 0. The van der Waals surface area contributed by atoms with Gasteiger partial charge in [-0.2, -0.15) is 10.2 Å². The molecule has 7 nitrogen and oxygen atoms in total. The second-order valence-electron chi connectivity index (χ2n) is 6.22. The van der Waals surface area contributed by atoms with Gasteiger partial charge >= 0.3 is 0 Å². The fraction of sp³-hybridized carbons (Fsp3) is 0.143. The van der Waals surface area contributed by atoms with E-state index in [1.165, 1.54) is 0 Å². The van der Waals surface area contributed by atoms with Crippen molar-refractivity contribution in [2.75, 3.05) is 0 Å². The summed E-state index contributed by atoms with van der Waals surface area (Å²) in [5.74, 6) is 0.539. The van der Waals surface area contributed by atoms with E-state index in [2.05, 4.69) is 20.5 Å². The number of hydrogen-bond donors (Lipinski definition) is 1.